The molecule has 4 aromatic rings. The molecule has 4 rings (SSSR count). The molecular formula is C22H16F3N3O3. The molecule has 0 aliphatic heterocycles. The number of nitrogens with one attached hydrogen (secondary N) is 1. The minimum Gasteiger partial charge on any atom is -0.495 e. The number of benzene rings is 2. The fraction of sp³-hybridized carbons (Fsp3) is 0.0909. The van der Waals surface area contributed by atoms with E-state index in [1.165, 1.54) is 7.11 Å². The number of pyridine rings is 1. The first-order valence-electron chi connectivity index (χ1n) is 9.08. The van der Waals surface area contributed by atoms with Crippen LogP contribution in [0.4, 0.5) is 18.9 Å². The average molecular weight is 427 g/mol. The first-order valence-corrected chi connectivity index (χ1v) is 9.08. The SMILES string of the molecule is COc1ccc(-c2cn3ccccc3n2)cc1NC(=O)c1cc(F)c(F)c(OC)c1F. The Hall–Kier alpha value is -4.01. The van der Waals surface area contributed by atoms with Gasteiger partial charge in [-0.05, 0) is 36.4 Å². The van der Waals surface area contributed by atoms with E-state index < -0.39 is 34.7 Å². The quantitative estimate of drug-likeness (QED) is 0.470. The summed E-state index contributed by atoms with van der Waals surface area (Å²) in [4.78, 5) is 17.2. The molecule has 0 saturated heterocycles. The number of methoxy groups -OCH3 is 2. The molecule has 2 heterocycles. The van der Waals surface area contributed by atoms with E-state index in [4.69, 9.17) is 4.74 Å². The third-order valence-electron chi connectivity index (χ3n) is 4.67. The summed E-state index contributed by atoms with van der Waals surface area (Å²) in [6, 6.07) is 11.0. The highest BCUT2D eigenvalue weighted by atomic mass is 19.2. The molecule has 9 heteroatoms. The molecule has 0 aliphatic rings. The highest BCUT2D eigenvalue weighted by Crippen LogP contribution is 2.32. The molecule has 1 N–H and O–H groups in total. The normalized spacial score (nSPS) is 10.9. The number of anilines is 1. The summed E-state index contributed by atoms with van der Waals surface area (Å²) in [7, 11) is 2.38. The van der Waals surface area contributed by atoms with E-state index in [1.54, 1.807) is 18.2 Å². The van der Waals surface area contributed by atoms with Crippen LogP contribution in [0.25, 0.3) is 16.9 Å². The largest absolute Gasteiger partial charge is 0.495 e. The molecular weight excluding hydrogens is 411 g/mol. The molecule has 0 radical (unpaired) electrons. The summed E-state index contributed by atoms with van der Waals surface area (Å²) in [5.41, 5.74) is 1.50. The second-order valence-corrected chi connectivity index (χ2v) is 6.53. The first kappa shape index (κ1) is 20.3. The maximum atomic E-state index is 14.5. The first-order chi connectivity index (χ1) is 14.9. The van der Waals surface area contributed by atoms with Crippen molar-refractivity contribution in [1.29, 1.82) is 0 Å². The van der Waals surface area contributed by atoms with Crippen LogP contribution in [0, 0.1) is 17.5 Å². The van der Waals surface area contributed by atoms with Gasteiger partial charge in [0.1, 0.15) is 11.4 Å². The van der Waals surface area contributed by atoms with E-state index in [2.05, 4.69) is 15.0 Å². The topological polar surface area (TPSA) is 64.9 Å². The number of nitrogens with zero attached hydrogens (tertiary/aromatic N) is 2. The lowest BCUT2D eigenvalue weighted by Gasteiger charge is -2.13. The standard InChI is InChI=1S/C22H16F3N3O3/c1-30-17-7-6-12(16-11-28-8-4-3-5-18(28)26-16)9-15(17)27-22(29)13-10-14(23)20(25)21(31-2)19(13)24/h3-11H,1-2H3,(H,27,29). The van der Waals surface area contributed by atoms with Crippen molar-refractivity contribution in [3.63, 3.8) is 0 Å². The van der Waals surface area contributed by atoms with Crippen molar-refractivity contribution in [2.75, 3.05) is 19.5 Å². The van der Waals surface area contributed by atoms with Crippen LogP contribution < -0.4 is 14.8 Å². The Morgan fingerprint density at radius 2 is 1.84 bits per heavy atom. The maximum Gasteiger partial charge on any atom is 0.258 e. The van der Waals surface area contributed by atoms with E-state index in [0.717, 1.165) is 12.8 Å². The summed E-state index contributed by atoms with van der Waals surface area (Å²) in [6.07, 6.45) is 3.65. The predicted molar refractivity (Wildman–Crippen MR) is 108 cm³/mol. The highest BCUT2D eigenvalue weighted by molar-refractivity contribution is 6.05. The van der Waals surface area contributed by atoms with Gasteiger partial charge in [0.15, 0.2) is 17.4 Å². The Labute approximate surface area is 174 Å². The molecule has 2 aromatic heterocycles. The number of carbonyl (C=O) groups excluding carboxylic acids is 1. The summed E-state index contributed by atoms with van der Waals surface area (Å²) < 4.78 is 53.6. The number of amides is 1. The van der Waals surface area contributed by atoms with Crippen LogP contribution in [0.1, 0.15) is 10.4 Å². The van der Waals surface area contributed by atoms with E-state index >= 15 is 0 Å². The number of carbonyl (C=O) groups is 1. The van der Waals surface area contributed by atoms with Crippen LogP contribution in [-0.2, 0) is 0 Å². The maximum absolute atomic E-state index is 14.5. The van der Waals surface area contributed by atoms with Gasteiger partial charge in [0.05, 0.1) is 31.2 Å². The van der Waals surface area contributed by atoms with Gasteiger partial charge in [-0.15, -0.1) is 0 Å². The van der Waals surface area contributed by atoms with Gasteiger partial charge in [-0.2, -0.15) is 4.39 Å². The smallest absolute Gasteiger partial charge is 0.258 e. The number of hydrogen-bond acceptors (Lipinski definition) is 4. The van der Waals surface area contributed by atoms with Crippen LogP contribution in [0.2, 0.25) is 0 Å². The molecule has 0 atom stereocenters. The van der Waals surface area contributed by atoms with E-state index in [0.29, 0.717) is 17.3 Å². The number of aromatic nitrogens is 2. The molecule has 0 bridgehead atoms. The Kier molecular flexibility index (Phi) is 5.24. The summed E-state index contributed by atoms with van der Waals surface area (Å²) in [5.74, 6) is -5.92. The zero-order valence-electron chi connectivity index (χ0n) is 16.4. The second kappa shape index (κ2) is 8.02. The minimum absolute atomic E-state index is 0.199. The number of fused-ring (bicyclic) bond motifs is 1. The summed E-state index contributed by atoms with van der Waals surface area (Å²) >= 11 is 0. The Bertz CT molecular complexity index is 1270. The van der Waals surface area contributed by atoms with Crippen LogP contribution in [-0.4, -0.2) is 29.5 Å². The number of hydrogen-bond donors (Lipinski definition) is 1. The molecule has 1 amide bonds. The number of halogens is 3. The molecule has 31 heavy (non-hydrogen) atoms. The van der Waals surface area contributed by atoms with Crippen molar-refractivity contribution in [1.82, 2.24) is 9.38 Å². The van der Waals surface area contributed by atoms with Gasteiger partial charge in [0.2, 0.25) is 5.82 Å². The van der Waals surface area contributed by atoms with Gasteiger partial charge >= 0.3 is 0 Å². The van der Waals surface area contributed by atoms with Gasteiger partial charge in [-0.1, -0.05) is 6.07 Å². The van der Waals surface area contributed by atoms with Crippen molar-refractivity contribution in [2.24, 2.45) is 0 Å². The van der Waals surface area contributed by atoms with E-state index in [-0.39, 0.29) is 11.4 Å². The molecule has 2 aromatic carbocycles. The van der Waals surface area contributed by atoms with Crippen LogP contribution in [0.15, 0.2) is 54.9 Å². The summed E-state index contributed by atoms with van der Waals surface area (Å²) in [5, 5.41) is 2.48. The van der Waals surface area contributed by atoms with Crippen molar-refractivity contribution >= 4 is 17.2 Å². The lowest BCUT2D eigenvalue weighted by atomic mass is 10.1. The van der Waals surface area contributed by atoms with Crippen molar-refractivity contribution in [2.45, 2.75) is 0 Å². The highest BCUT2D eigenvalue weighted by Gasteiger charge is 2.24. The average Bonchev–Trinajstić information content (AvgIpc) is 3.21. The molecule has 0 aliphatic carbocycles. The van der Waals surface area contributed by atoms with Gasteiger partial charge in [-0.3, -0.25) is 4.79 Å². The molecule has 0 saturated carbocycles. The lowest BCUT2D eigenvalue weighted by molar-refractivity contribution is 0.102. The fourth-order valence-corrected chi connectivity index (χ4v) is 3.15. The monoisotopic (exact) mass is 427 g/mol. The minimum atomic E-state index is -1.51. The molecule has 0 unspecified atom stereocenters. The van der Waals surface area contributed by atoms with Crippen LogP contribution in [0.3, 0.4) is 0 Å². The number of ether oxygens (including phenoxy) is 2. The molecule has 158 valence electrons. The summed E-state index contributed by atoms with van der Waals surface area (Å²) in [6.45, 7) is 0. The zero-order valence-corrected chi connectivity index (χ0v) is 16.4. The number of rotatable bonds is 5. The van der Waals surface area contributed by atoms with Crippen molar-refractivity contribution < 1.29 is 27.4 Å². The third kappa shape index (κ3) is 3.65. The predicted octanol–water partition coefficient (Wildman–Crippen LogP) is 4.69. The lowest BCUT2D eigenvalue weighted by Crippen LogP contribution is -2.16. The third-order valence-corrected chi connectivity index (χ3v) is 4.67. The van der Waals surface area contributed by atoms with Gasteiger partial charge < -0.3 is 19.2 Å². The van der Waals surface area contributed by atoms with Gasteiger partial charge in [0.25, 0.3) is 5.91 Å². The Morgan fingerprint density at radius 3 is 2.55 bits per heavy atom. The molecule has 0 spiro atoms. The second-order valence-electron chi connectivity index (χ2n) is 6.53. The van der Waals surface area contributed by atoms with E-state index in [1.807, 2.05) is 35.0 Å². The van der Waals surface area contributed by atoms with Gasteiger partial charge in [-0.25, -0.2) is 13.8 Å². The Morgan fingerprint density at radius 1 is 1.03 bits per heavy atom. The van der Waals surface area contributed by atoms with Crippen LogP contribution >= 0.6 is 0 Å². The fourth-order valence-electron chi connectivity index (χ4n) is 3.15. The molecule has 6 nitrogen and oxygen atoms in total. The Balaban J connectivity index is 1.72. The molecule has 0 fully saturated rings. The van der Waals surface area contributed by atoms with Crippen LogP contribution in [0.5, 0.6) is 11.5 Å². The van der Waals surface area contributed by atoms with Gasteiger partial charge in [0, 0.05) is 18.0 Å². The zero-order chi connectivity index (χ0) is 22.1. The van der Waals surface area contributed by atoms with E-state index in [9.17, 15) is 18.0 Å². The van der Waals surface area contributed by atoms with Crippen molar-refractivity contribution in [3.8, 4) is 22.8 Å². The number of imidazole rings is 1. The van der Waals surface area contributed by atoms with Crippen molar-refractivity contribution in [3.05, 3.63) is 77.9 Å².